The highest BCUT2D eigenvalue weighted by Gasteiger charge is 2.20. The monoisotopic (exact) mass is 196 g/mol. The molecule has 0 aromatic carbocycles. The normalized spacial score (nSPS) is 28.3. The Morgan fingerprint density at radius 1 is 0.786 bits per heavy atom. The van der Waals surface area contributed by atoms with E-state index in [1.165, 1.54) is 71.1 Å². The van der Waals surface area contributed by atoms with E-state index in [0.29, 0.717) is 0 Å². The molecule has 0 spiro atoms. The summed E-state index contributed by atoms with van der Waals surface area (Å²) < 4.78 is 0. The van der Waals surface area contributed by atoms with Gasteiger partial charge in [-0.1, -0.05) is 19.3 Å². The number of hydrogen-bond acceptors (Lipinski definition) is 2. The first-order chi connectivity index (χ1) is 6.97. The fraction of sp³-hybridized carbons (Fsp3) is 1.00. The molecule has 0 atom stereocenters. The standard InChI is InChI=1S/C12H24N2/c1-2-4-10-14(11-5-3-1)12-6-8-13-9-7-12/h12-13H,1-11H2. The van der Waals surface area contributed by atoms with E-state index >= 15 is 0 Å². The lowest BCUT2D eigenvalue weighted by Crippen LogP contribution is -2.44. The number of rotatable bonds is 1. The van der Waals surface area contributed by atoms with Crippen LogP contribution in [-0.2, 0) is 0 Å². The van der Waals surface area contributed by atoms with Gasteiger partial charge < -0.3 is 10.2 Å². The molecule has 2 nitrogen and oxygen atoms in total. The van der Waals surface area contributed by atoms with Gasteiger partial charge in [0, 0.05) is 6.04 Å². The largest absolute Gasteiger partial charge is 0.317 e. The Morgan fingerprint density at radius 2 is 1.36 bits per heavy atom. The molecule has 2 heteroatoms. The molecule has 2 heterocycles. The third-order valence-corrected chi connectivity index (χ3v) is 3.72. The number of piperidine rings is 1. The highest BCUT2D eigenvalue weighted by Crippen LogP contribution is 2.17. The van der Waals surface area contributed by atoms with Crippen LogP contribution in [0, 0.1) is 0 Å². The molecule has 1 N–H and O–H groups in total. The Bertz CT molecular complexity index is 144. The molecule has 0 amide bonds. The van der Waals surface area contributed by atoms with Crippen molar-refractivity contribution >= 4 is 0 Å². The molecular weight excluding hydrogens is 172 g/mol. The molecule has 0 aromatic rings. The molecule has 2 aliphatic heterocycles. The highest BCUT2D eigenvalue weighted by molar-refractivity contribution is 4.78. The smallest absolute Gasteiger partial charge is 0.0119 e. The second-order valence-corrected chi connectivity index (χ2v) is 4.78. The first kappa shape index (κ1) is 10.4. The summed E-state index contributed by atoms with van der Waals surface area (Å²) in [4.78, 5) is 2.76. The van der Waals surface area contributed by atoms with Gasteiger partial charge >= 0.3 is 0 Å². The molecule has 0 saturated carbocycles. The maximum absolute atomic E-state index is 3.46. The van der Waals surface area contributed by atoms with Gasteiger partial charge in [0.2, 0.25) is 0 Å². The molecule has 2 rings (SSSR count). The summed E-state index contributed by atoms with van der Waals surface area (Å²) in [5, 5.41) is 3.46. The quantitative estimate of drug-likeness (QED) is 0.690. The third-order valence-electron chi connectivity index (χ3n) is 3.72. The Morgan fingerprint density at radius 3 is 2.00 bits per heavy atom. The molecular formula is C12H24N2. The lowest BCUT2D eigenvalue weighted by atomic mass is 10.0. The Balaban J connectivity index is 1.80. The zero-order valence-corrected chi connectivity index (χ0v) is 9.30. The average molecular weight is 196 g/mol. The van der Waals surface area contributed by atoms with Gasteiger partial charge in [-0.25, -0.2) is 0 Å². The SMILES string of the molecule is C1CCCN(C2CCNCC2)CCC1. The molecule has 0 aromatic heterocycles. The van der Waals surface area contributed by atoms with Crippen molar-refractivity contribution in [3.05, 3.63) is 0 Å². The van der Waals surface area contributed by atoms with Gasteiger partial charge in [0.15, 0.2) is 0 Å². The van der Waals surface area contributed by atoms with E-state index < -0.39 is 0 Å². The van der Waals surface area contributed by atoms with Crippen molar-refractivity contribution in [1.82, 2.24) is 10.2 Å². The van der Waals surface area contributed by atoms with Crippen LogP contribution in [0.3, 0.4) is 0 Å². The minimum Gasteiger partial charge on any atom is -0.317 e. The van der Waals surface area contributed by atoms with Crippen LogP contribution >= 0.6 is 0 Å². The molecule has 2 aliphatic rings. The maximum atomic E-state index is 3.46. The number of nitrogens with zero attached hydrogens (tertiary/aromatic N) is 1. The van der Waals surface area contributed by atoms with E-state index in [4.69, 9.17) is 0 Å². The summed E-state index contributed by atoms with van der Waals surface area (Å²) >= 11 is 0. The van der Waals surface area contributed by atoms with Crippen molar-refractivity contribution in [1.29, 1.82) is 0 Å². The first-order valence-electron chi connectivity index (χ1n) is 6.41. The van der Waals surface area contributed by atoms with E-state index in [-0.39, 0.29) is 0 Å². The maximum Gasteiger partial charge on any atom is 0.0119 e. The second kappa shape index (κ2) is 5.72. The predicted molar refractivity (Wildman–Crippen MR) is 60.5 cm³/mol. The van der Waals surface area contributed by atoms with Gasteiger partial charge in [0.25, 0.3) is 0 Å². The van der Waals surface area contributed by atoms with E-state index in [0.717, 1.165) is 6.04 Å². The van der Waals surface area contributed by atoms with Crippen molar-refractivity contribution in [3.8, 4) is 0 Å². The summed E-state index contributed by atoms with van der Waals surface area (Å²) in [6, 6.07) is 0.898. The number of nitrogens with one attached hydrogen (secondary N) is 1. The van der Waals surface area contributed by atoms with Crippen molar-refractivity contribution in [2.45, 2.75) is 51.0 Å². The summed E-state index contributed by atoms with van der Waals surface area (Å²) in [5.74, 6) is 0. The van der Waals surface area contributed by atoms with E-state index in [9.17, 15) is 0 Å². The van der Waals surface area contributed by atoms with Crippen molar-refractivity contribution in [2.75, 3.05) is 26.2 Å². The van der Waals surface area contributed by atoms with Gasteiger partial charge in [-0.05, 0) is 51.9 Å². The van der Waals surface area contributed by atoms with Crippen LogP contribution in [-0.4, -0.2) is 37.1 Å². The van der Waals surface area contributed by atoms with Crippen LogP contribution in [0.15, 0.2) is 0 Å². The zero-order chi connectivity index (χ0) is 9.64. The lowest BCUT2D eigenvalue weighted by Gasteiger charge is -2.35. The minimum atomic E-state index is 0.898. The molecule has 0 bridgehead atoms. The minimum absolute atomic E-state index is 0.898. The van der Waals surface area contributed by atoms with Crippen LogP contribution in [0.2, 0.25) is 0 Å². The van der Waals surface area contributed by atoms with Gasteiger partial charge in [0.1, 0.15) is 0 Å². The molecule has 14 heavy (non-hydrogen) atoms. The lowest BCUT2D eigenvalue weighted by molar-refractivity contribution is 0.149. The van der Waals surface area contributed by atoms with Crippen LogP contribution in [0.25, 0.3) is 0 Å². The summed E-state index contributed by atoms with van der Waals surface area (Å²) in [5.41, 5.74) is 0. The molecule has 0 aliphatic carbocycles. The predicted octanol–water partition coefficient (Wildman–Crippen LogP) is 2.00. The summed E-state index contributed by atoms with van der Waals surface area (Å²) in [6.45, 7) is 5.21. The highest BCUT2D eigenvalue weighted by atomic mass is 15.2. The number of hydrogen-bond donors (Lipinski definition) is 1. The van der Waals surface area contributed by atoms with Crippen molar-refractivity contribution < 1.29 is 0 Å². The Labute approximate surface area is 88.1 Å². The van der Waals surface area contributed by atoms with Gasteiger partial charge in [-0.15, -0.1) is 0 Å². The van der Waals surface area contributed by atoms with Crippen LogP contribution in [0.1, 0.15) is 44.9 Å². The zero-order valence-electron chi connectivity index (χ0n) is 9.30. The van der Waals surface area contributed by atoms with Gasteiger partial charge in [-0.3, -0.25) is 0 Å². The fourth-order valence-electron chi connectivity index (χ4n) is 2.81. The van der Waals surface area contributed by atoms with Crippen LogP contribution < -0.4 is 5.32 Å². The number of likely N-dealkylation sites (tertiary alicyclic amines) is 1. The molecule has 82 valence electrons. The van der Waals surface area contributed by atoms with Crippen LogP contribution in [0.4, 0.5) is 0 Å². The van der Waals surface area contributed by atoms with E-state index in [1.54, 1.807) is 0 Å². The fourth-order valence-corrected chi connectivity index (χ4v) is 2.81. The van der Waals surface area contributed by atoms with E-state index in [1.807, 2.05) is 0 Å². The Hall–Kier alpha value is -0.0800. The first-order valence-corrected chi connectivity index (χ1v) is 6.41. The van der Waals surface area contributed by atoms with Crippen LogP contribution in [0.5, 0.6) is 0 Å². The average Bonchev–Trinajstić information content (AvgIpc) is 2.18. The topological polar surface area (TPSA) is 15.3 Å². The molecule has 2 saturated heterocycles. The molecule has 2 fully saturated rings. The summed E-state index contributed by atoms with van der Waals surface area (Å²) in [6.07, 6.45) is 10.0. The molecule has 0 unspecified atom stereocenters. The molecule has 0 radical (unpaired) electrons. The summed E-state index contributed by atoms with van der Waals surface area (Å²) in [7, 11) is 0. The van der Waals surface area contributed by atoms with Crippen molar-refractivity contribution in [2.24, 2.45) is 0 Å². The van der Waals surface area contributed by atoms with Gasteiger partial charge in [0.05, 0.1) is 0 Å². The van der Waals surface area contributed by atoms with Gasteiger partial charge in [-0.2, -0.15) is 0 Å². The second-order valence-electron chi connectivity index (χ2n) is 4.78. The van der Waals surface area contributed by atoms with E-state index in [2.05, 4.69) is 10.2 Å². The van der Waals surface area contributed by atoms with Crippen molar-refractivity contribution in [3.63, 3.8) is 0 Å². The third kappa shape index (κ3) is 2.96. The Kier molecular flexibility index (Phi) is 4.26.